The summed E-state index contributed by atoms with van der Waals surface area (Å²) in [5, 5.41) is 3.01. The molecule has 1 saturated heterocycles. The van der Waals surface area contributed by atoms with Gasteiger partial charge in [-0.25, -0.2) is 4.39 Å². The molecule has 1 heterocycles. The number of hydrogen-bond acceptors (Lipinski definition) is 2. The van der Waals surface area contributed by atoms with E-state index < -0.39 is 6.17 Å². The van der Waals surface area contributed by atoms with E-state index in [1.54, 1.807) is 0 Å². The fourth-order valence-electron chi connectivity index (χ4n) is 1.09. The van der Waals surface area contributed by atoms with Crippen molar-refractivity contribution < 1.29 is 9.13 Å². The highest BCUT2D eigenvalue weighted by molar-refractivity contribution is 5.08. The maximum atomic E-state index is 12.3. The van der Waals surface area contributed by atoms with Crippen molar-refractivity contribution in [2.75, 3.05) is 13.2 Å². The molecule has 0 aromatic heterocycles. The van der Waals surface area contributed by atoms with Crippen LogP contribution in [-0.2, 0) is 4.74 Å². The Bertz CT molecular complexity index is 96.6. The zero-order valence-electron chi connectivity index (χ0n) is 4.43. The fraction of sp³-hybridized carbons (Fsp3) is 1.00. The molecule has 0 radical (unpaired) electrons. The van der Waals surface area contributed by atoms with Gasteiger partial charge in [0.15, 0.2) is 0 Å². The monoisotopic (exact) mass is 117 g/mol. The number of halogens is 1. The Balaban J connectivity index is 1.97. The molecule has 1 N–H and O–H groups in total. The molecule has 1 aliphatic carbocycles. The van der Waals surface area contributed by atoms with E-state index >= 15 is 0 Å². The maximum absolute atomic E-state index is 12.3. The summed E-state index contributed by atoms with van der Waals surface area (Å²) >= 11 is 0. The minimum atomic E-state index is -0.725. The number of nitrogens with one attached hydrogen (secondary N) is 1. The molecular weight excluding hydrogens is 109 g/mol. The number of alkyl halides is 1. The van der Waals surface area contributed by atoms with Crippen LogP contribution >= 0.6 is 0 Å². The van der Waals surface area contributed by atoms with E-state index in [1.165, 1.54) is 0 Å². The summed E-state index contributed by atoms with van der Waals surface area (Å²) in [5.74, 6) is 0. The second-order valence-corrected chi connectivity index (χ2v) is 2.26. The van der Waals surface area contributed by atoms with Gasteiger partial charge in [-0.3, -0.25) is 0 Å². The van der Waals surface area contributed by atoms with Crippen molar-refractivity contribution in [2.45, 2.75) is 18.3 Å². The molecule has 0 aromatic carbocycles. The molecule has 0 amide bonds. The van der Waals surface area contributed by atoms with Crippen LogP contribution < -0.4 is 5.32 Å². The van der Waals surface area contributed by atoms with Crippen LogP contribution in [0.1, 0.15) is 0 Å². The van der Waals surface area contributed by atoms with Crippen molar-refractivity contribution in [1.82, 2.24) is 5.32 Å². The normalized spacial score (nSPS) is 52.9. The summed E-state index contributed by atoms with van der Waals surface area (Å²) in [4.78, 5) is 0. The third-order valence-corrected chi connectivity index (χ3v) is 1.66. The highest BCUT2D eigenvalue weighted by Crippen LogP contribution is 2.31. The minimum Gasteiger partial charge on any atom is -0.372 e. The van der Waals surface area contributed by atoms with Crippen LogP contribution in [0.3, 0.4) is 0 Å². The van der Waals surface area contributed by atoms with Gasteiger partial charge in [0, 0.05) is 6.54 Å². The van der Waals surface area contributed by atoms with Gasteiger partial charge in [0.1, 0.15) is 12.3 Å². The first-order chi connectivity index (χ1) is 3.89. The second kappa shape index (κ2) is 1.42. The van der Waals surface area contributed by atoms with E-state index in [2.05, 4.69) is 5.32 Å². The molecular formula is C5H8FNO. The molecule has 1 unspecified atom stereocenters. The molecule has 2 aliphatic rings. The summed E-state index contributed by atoms with van der Waals surface area (Å²) in [6.07, 6.45) is -0.832. The Morgan fingerprint density at radius 1 is 1.62 bits per heavy atom. The van der Waals surface area contributed by atoms with Gasteiger partial charge >= 0.3 is 0 Å². The predicted octanol–water partition coefficient (Wildman–Crippen LogP) is -0.305. The highest BCUT2D eigenvalue weighted by atomic mass is 19.1. The van der Waals surface area contributed by atoms with Crippen LogP contribution in [0.15, 0.2) is 0 Å². The number of morpholine rings is 1. The quantitative estimate of drug-likeness (QED) is 0.470. The Morgan fingerprint density at radius 2 is 2.50 bits per heavy atom. The second-order valence-electron chi connectivity index (χ2n) is 2.26. The maximum Gasteiger partial charge on any atom is 0.146 e. The largest absolute Gasteiger partial charge is 0.372 e. The van der Waals surface area contributed by atoms with Gasteiger partial charge in [0.2, 0.25) is 0 Å². The van der Waals surface area contributed by atoms with Crippen LogP contribution in [0.4, 0.5) is 4.39 Å². The molecule has 3 heteroatoms. The van der Waals surface area contributed by atoms with Crippen LogP contribution in [-0.4, -0.2) is 31.5 Å². The number of fused-ring (bicyclic) bond motifs is 1. The van der Waals surface area contributed by atoms with Gasteiger partial charge in [-0.05, 0) is 0 Å². The van der Waals surface area contributed by atoms with Gasteiger partial charge in [-0.1, -0.05) is 0 Å². The zero-order valence-corrected chi connectivity index (χ0v) is 4.43. The van der Waals surface area contributed by atoms with Crippen molar-refractivity contribution in [3.05, 3.63) is 0 Å². The topological polar surface area (TPSA) is 21.3 Å². The summed E-state index contributed by atoms with van der Waals surface area (Å²) in [7, 11) is 0. The summed E-state index contributed by atoms with van der Waals surface area (Å²) in [6, 6.07) is 0.0312. The van der Waals surface area contributed by atoms with Gasteiger partial charge in [0.25, 0.3) is 0 Å². The Labute approximate surface area is 47.0 Å². The SMILES string of the molecule is F[C@@H]1C2NCCO[C@H]21. The molecule has 1 saturated carbocycles. The lowest BCUT2D eigenvalue weighted by Crippen LogP contribution is -2.30. The van der Waals surface area contributed by atoms with Gasteiger partial charge in [-0.2, -0.15) is 0 Å². The lowest BCUT2D eigenvalue weighted by molar-refractivity contribution is 0.0831. The first-order valence-corrected chi connectivity index (χ1v) is 2.88. The van der Waals surface area contributed by atoms with E-state index in [1.807, 2.05) is 0 Å². The molecule has 0 aromatic rings. The van der Waals surface area contributed by atoms with E-state index in [0.717, 1.165) is 6.54 Å². The highest BCUT2D eigenvalue weighted by Gasteiger charge is 2.53. The molecule has 8 heavy (non-hydrogen) atoms. The van der Waals surface area contributed by atoms with Gasteiger partial charge in [0.05, 0.1) is 12.6 Å². The van der Waals surface area contributed by atoms with Crippen LogP contribution in [0.5, 0.6) is 0 Å². The van der Waals surface area contributed by atoms with E-state index in [4.69, 9.17) is 4.74 Å². The summed E-state index contributed by atoms with van der Waals surface area (Å²) < 4.78 is 17.3. The molecule has 0 bridgehead atoms. The van der Waals surface area contributed by atoms with E-state index in [0.29, 0.717) is 6.61 Å². The van der Waals surface area contributed by atoms with Crippen molar-refractivity contribution in [3.63, 3.8) is 0 Å². The van der Waals surface area contributed by atoms with Gasteiger partial charge < -0.3 is 10.1 Å². The van der Waals surface area contributed by atoms with Gasteiger partial charge in [-0.15, -0.1) is 0 Å². The lowest BCUT2D eigenvalue weighted by atomic mass is 10.5. The average molecular weight is 117 g/mol. The molecule has 2 fully saturated rings. The zero-order chi connectivity index (χ0) is 5.56. The number of hydrogen-bond donors (Lipinski definition) is 1. The lowest BCUT2D eigenvalue weighted by Gasteiger charge is -2.08. The molecule has 3 atom stereocenters. The third-order valence-electron chi connectivity index (χ3n) is 1.66. The first kappa shape index (κ1) is 4.70. The first-order valence-electron chi connectivity index (χ1n) is 2.88. The number of rotatable bonds is 0. The van der Waals surface area contributed by atoms with Crippen molar-refractivity contribution in [3.8, 4) is 0 Å². The predicted molar refractivity (Wildman–Crippen MR) is 26.4 cm³/mol. The molecule has 2 nitrogen and oxygen atoms in total. The molecule has 46 valence electrons. The fourth-order valence-corrected chi connectivity index (χ4v) is 1.09. The molecule has 2 rings (SSSR count). The standard InChI is InChI=1S/C5H8FNO/c6-3-4-5(3)8-2-1-7-4/h3-5,7H,1-2H2/t3-,4?,5+/m1/s1. The van der Waals surface area contributed by atoms with Crippen LogP contribution in [0.25, 0.3) is 0 Å². The Morgan fingerprint density at radius 3 is 3.00 bits per heavy atom. The minimum absolute atomic E-state index is 0.0312. The number of ether oxygens (including phenoxy) is 1. The summed E-state index contributed by atoms with van der Waals surface area (Å²) in [5.41, 5.74) is 0. The molecule has 1 aliphatic heterocycles. The Kier molecular flexibility index (Phi) is 0.835. The third kappa shape index (κ3) is 0.485. The smallest absolute Gasteiger partial charge is 0.146 e. The molecule has 0 spiro atoms. The van der Waals surface area contributed by atoms with Crippen molar-refractivity contribution >= 4 is 0 Å². The van der Waals surface area contributed by atoms with E-state index in [-0.39, 0.29) is 12.1 Å². The average Bonchev–Trinajstić information content (AvgIpc) is 2.46. The van der Waals surface area contributed by atoms with E-state index in [9.17, 15) is 4.39 Å². The Hall–Kier alpha value is -0.150. The van der Waals surface area contributed by atoms with Crippen molar-refractivity contribution in [1.29, 1.82) is 0 Å². The van der Waals surface area contributed by atoms with Crippen LogP contribution in [0.2, 0.25) is 0 Å². The summed E-state index contributed by atoms with van der Waals surface area (Å²) in [6.45, 7) is 1.48. The van der Waals surface area contributed by atoms with Crippen LogP contribution in [0, 0.1) is 0 Å². The van der Waals surface area contributed by atoms with Crippen molar-refractivity contribution in [2.24, 2.45) is 0 Å².